The van der Waals surface area contributed by atoms with Crippen LogP contribution in [0, 0.1) is 0 Å². The molecule has 1 spiro atoms. The number of fused-ring (bicyclic) bond motifs is 3. The number of carboxylic acid groups (broad SMARTS) is 1. The van der Waals surface area contributed by atoms with Gasteiger partial charge in [-0.2, -0.15) is 0 Å². The van der Waals surface area contributed by atoms with Gasteiger partial charge in [-0.3, -0.25) is 15.4 Å². The molecule has 0 bridgehead atoms. The zero-order valence-electron chi connectivity index (χ0n) is 20.6. The molecule has 2 unspecified atom stereocenters. The van der Waals surface area contributed by atoms with Crippen molar-refractivity contribution in [1.82, 2.24) is 14.9 Å². The van der Waals surface area contributed by atoms with E-state index in [9.17, 15) is 14.4 Å². The van der Waals surface area contributed by atoms with Crippen LogP contribution >= 0.6 is 11.6 Å². The van der Waals surface area contributed by atoms with Crippen LogP contribution in [-0.2, 0) is 21.6 Å². The molecule has 3 amide bonds. The molecule has 4 N–H and O–H groups in total. The number of nitrogens with zero attached hydrogens (tertiary/aromatic N) is 2. The fraction of sp³-hybridized carbons (Fsp3) is 0.214. The van der Waals surface area contributed by atoms with Gasteiger partial charge in [0.2, 0.25) is 5.91 Å². The average Bonchev–Trinajstić information content (AvgIpc) is 3.52. The number of hydrogen-bond acceptors (Lipinski definition) is 5. The van der Waals surface area contributed by atoms with Crippen LogP contribution in [0.5, 0.6) is 0 Å². The molecule has 11 heteroatoms. The molecule has 3 heterocycles. The molecule has 39 heavy (non-hydrogen) atoms. The molecule has 0 saturated carbocycles. The van der Waals surface area contributed by atoms with E-state index in [0.717, 1.165) is 11.1 Å². The number of anilines is 2. The number of halogens is 1. The topological polar surface area (TPSA) is 137 Å². The summed E-state index contributed by atoms with van der Waals surface area (Å²) < 4.78 is 5.81. The molecule has 2 atom stereocenters. The van der Waals surface area contributed by atoms with Gasteiger partial charge in [0, 0.05) is 29.2 Å². The average molecular weight is 546 g/mol. The van der Waals surface area contributed by atoms with Crippen LogP contribution in [0.4, 0.5) is 21.0 Å². The number of aromatic nitrogens is 2. The molecular formula is C28H24ClN5O5. The lowest BCUT2D eigenvalue weighted by molar-refractivity contribution is -0.133. The first-order valence-corrected chi connectivity index (χ1v) is 12.8. The van der Waals surface area contributed by atoms with Gasteiger partial charge in [0.15, 0.2) is 5.60 Å². The number of rotatable bonds is 5. The Kier molecular flexibility index (Phi) is 6.11. The molecule has 2 aliphatic heterocycles. The zero-order valence-corrected chi connectivity index (χ0v) is 21.4. The lowest BCUT2D eigenvalue weighted by Crippen LogP contribution is -2.43. The van der Waals surface area contributed by atoms with Crippen molar-refractivity contribution in [2.75, 3.05) is 23.7 Å². The standard InChI is InChI=1S/C28H24ClN5O5/c29-17-6-8-21-20(13-17)28(39-27(38)33-21)10-11-34(15-28)25(35)19(12-16-4-2-1-3-5-16)24-31-22-9-7-18(30-26(36)37)14-23(22)32-24/h1-9,13-14,19,30H,10-12,15H2,(H,31,32)(H,33,38)(H,36,37). The highest BCUT2D eigenvalue weighted by Gasteiger charge is 2.49. The van der Waals surface area contributed by atoms with Gasteiger partial charge in [0.25, 0.3) is 0 Å². The lowest BCUT2D eigenvalue weighted by atomic mass is 9.90. The van der Waals surface area contributed by atoms with E-state index in [0.29, 0.717) is 52.6 Å². The van der Waals surface area contributed by atoms with E-state index >= 15 is 0 Å². The maximum atomic E-state index is 14.1. The molecule has 198 valence electrons. The smallest absolute Gasteiger partial charge is 0.412 e. The van der Waals surface area contributed by atoms with E-state index in [1.807, 2.05) is 30.3 Å². The van der Waals surface area contributed by atoms with Gasteiger partial charge in [0.1, 0.15) is 11.7 Å². The summed E-state index contributed by atoms with van der Waals surface area (Å²) in [6, 6.07) is 19.8. The quantitative estimate of drug-likeness (QED) is 0.268. The number of carbonyl (C=O) groups excluding carboxylic acids is 2. The number of benzene rings is 3. The number of carbonyl (C=O) groups is 3. The summed E-state index contributed by atoms with van der Waals surface area (Å²) in [5, 5.41) is 14.6. The van der Waals surface area contributed by atoms with Gasteiger partial charge in [0.05, 0.1) is 23.3 Å². The van der Waals surface area contributed by atoms with Gasteiger partial charge in [-0.25, -0.2) is 14.6 Å². The van der Waals surface area contributed by atoms with Crippen LogP contribution < -0.4 is 10.6 Å². The molecule has 1 saturated heterocycles. The van der Waals surface area contributed by atoms with Gasteiger partial charge in [-0.15, -0.1) is 0 Å². The molecule has 4 aromatic rings. The largest absolute Gasteiger partial charge is 0.465 e. The van der Waals surface area contributed by atoms with Gasteiger partial charge in [-0.1, -0.05) is 41.9 Å². The molecule has 6 rings (SSSR count). The van der Waals surface area contributed by atoms with Crippen molar-refractivity contribution >= 4 is 52.1 Å². The molecule has 10 nitrogen and oxygen atoms in total. The number of hydrogen-bond donors (Lipinski definition) is 4. The highest BCUT2D eigenvalue weighted by atomic mass is 35.5. The predicted octanol–water partition coefficient (Wildman–Crippen LogP) is 5.32. The summed E-state index contributed by atoms with van der Waals surface area (Å²) in [4.78, 5) is 47.2. The summed E-state index contributed by atoms with van der Waals surface area (Å²) in [5.41, 5.74) is 2.93. The van der Waals surface area contributed by atoms with Crippen molar-refractivity contribution in [3.8, 4) is 0 Å². The zero-order chi connectivity index (χ0) is 27.1. The molecule has 0 aliphatic carbocycles. The maximum absolute atomic E-state index is 14.1. The Bertz CT molecular complexity index is 1610. The number of likely N-dealkylation sites (tertiary alicyclic amines) is 1. The minimum atomic E-state index is -1.17. The van der Waals surface area contributed by atoms with E-state index in [-0.39, 0.29) is 12.5 Å². The summed E-state index contributed by atoms with van der Waals surface area (Å²) >= 11 is 6.27. The van der Waals surface area contributed by atoms with Crippen molar-refractivity contribution < 1.29 is 24.2 Å². The van der Waals surface area contributed by atoms with E-state index in [4.69, 9.17) is 26.4 Å². The van der Waals surface area contributed by atoms with Crippen molar-refractivity contribution in [3.05, 3.63) is 88.7 Å². The van der Waals surface area contributed by atoms with Crippen LogP contribution in [-0.4, -0.2) is 51.2 Å². The van der Waals surface area contributed by atoms with Crippen molar-refractivity contribution in [3.63, 3.8) is 0 Å². The first-order chi connectivity index (χ1) is 18.8. The number of ether oxygens (including phenoxy) is 1. The van der Waals surface area contributed by atoms with Crippen LogP contribution in [0.15, 0.2) is 66.7 Å². The SMILES string of the molecule is O=C(O)Nc1ccc2nc(C(Cc3ccccc3)C(=O)N3CCC4(C3)OC(=O)Nc3ccc(Cl)cc34)[nH]c2c1. The van der Waals surface area contributed by atoms with Crippen molar-refractivity contribution in [2.24, 2.45) is 0 Å². The highest BCUT2D eigenvalue weighted by molar-refractivity contribution is 6.30. The first kappa shape index (κ1) is 24.7. The van der Waals surface area contributed by atoms with Crippen molar-refractivity contribution in [2.45, 2.75) is 24.4 Å². The second-order valence-corrected chi connectivity index (χ2v) is 10.2. The Labute approximate surface area is 227 Å². The number of imidazole rings is 1. The molecule has 3 aromatic carbocycles. The van der Waals surface area contributed by atoms with E-state index in [2.05, 4.69) is 15.6 Å². The van der Waals surface area contributed by atoms with E-state index < -0.39 is 23.7 Å². The third kappa shape index (κ3) is 4.74. The van der Waals surface area contributed by atoms with E-state index in [1.165, 1.54) is 0 Å². The summed E-state index contributed by atoms with van der Waals surface area (Å²) in [6.07, 6.45) is -0.909. The Hall–Kier alpha value is -4.57. The third-order valence-corrected chi connectivity index (χ3v) is 7.44. The summed E-state index contributed by atoms with van der Waals surface area (Å²) in [5.74, 6) is -0.336. The van der Waals surface area contributed by atoms with Gasteiger partial charge >= 0.3 is 12.2 Å². The normalized spacial score (nSPS) is 18.9. The maximum Gasteiger partial charge on any atom is 0.412 e. The number of H-pyrrole nitrogens is 1. The molecule has 0 radical (unpaired) electrons. The Morgan fingerprint density at radius 1 is 1.15 bits per heavy atom. The minimum absolute atomic E-state index is 0.156. The lowest BCUT2D eigenvalue weighted by Gasteiger charge is -2.35. The number of amides is 3. The van der Waals surface area contributed by atoms with E-state index in [1.54, 1.807) is 41.3 Å². The second-order valence-electron chi connectivity index (χ2n) is 9.73. The van der Waals surface area contributed by atoms with Crippen molar-refractivity contribution in [1.29, 1.82) is 0 Å². The van der Waals surface area contributed by atoms with Crippen LogP contribution in [0.1, 0.15) is 29.3 Å². The Morgan fingerprint density at radius 3 is 2.77 bits per heavy atom. The predicted molar refractivity (Wildman–Crippen MR) is 145 cm³/mol. The summed E-state index contributed by atoms with van der Waals surface area (Å²) in [6.45, 7) is 0.570. The van der Waals surface area contributed by atoms with Crippen LogP contribution in [0.25, 0.3) is 11.0 Å². The minimum Gasteiger partial charge on any atom is -0.465 e. The van der Waals surface area contributed by atoms with Gasteiger partial charge in [-0.05, 0) is 48.4 Å². The van der Waals surface area contributed by atoms with Crippen LogP contribution in [0.3, 0.4) is 0 Å². The summed E-state index contributed by atoms with van der Waals surface area (Å²) in [7, 11) is 0. The first-order valence-electron chi connectivity index (χ1n) is 12.4. The second kappa shape index (κ2) is 9.63. The monoisotopic (exact) mass is 545 g/mol. The third-order valence-electron chi connectivity index (χ3n) is 7.20. The Morgan fingerprint density at radius 2 is 1.97 bits per heavy atom. The number of aromatic amines is 1. The highest BCUT2D eigenvalue weighted by Crippen LogP contribution is 2.44. The molecule has 1 aromatic heterocycles. The molecule has 1 fully saturated rings. The fourth-order valence-corrected chi connectivity index (χ4v) is 5.58. The fourth-order valence-electron chi connectivity index (χ4n) is 5.41. The molecule has 2 aliphatic rings. The number of nitrogens with one attached hydrogen (secondary N) is 3. The van der Waals surface area contributed by atoms with Gasteiger partial charge < -0.3 is 19.7 Å². The molecular weight excluding hydrogens is 522 g/mol. The Balaban J connectivity index is 1.34. The van der Waals surface area contributed by atoms with Crippen LogP contribution in [0.2, 0.25) is 5.02 Å².